The molecule has 0 bridgehead atoms. The number of nitrogens with one attached hydrogen (secondary N) is 1. The van der Waals surface area contributed by atoms with Gasteiger partial charge in [-0.2, -0.15) is 0 Å². The van der Waals surface area contributed by atoms with Crippen molar-refractivity contribution < 1.29 is 14.3 Å². The number of nitrogens with zero attached hydrogens (tertiary/aromatic N) is 2. The van der Waals surface area contributed by atoms with Gasteiger partial charge < -0.3 is 15.0 Å². The minimum atomic E-state index is -0.168. The van der Waals surface area contributed by atoms with Gasteiger partial charge in [0.15, 0.2) is 6.61 Å². The number of halogens is 1. The van der Waals surface area contributed by atoms with Crippen LogP contribution in [0.2, 0.25) is 5.02 Å². The van der Waals surface area contributed by atoms with Crippen molar-refractivity contribution >= 4 is 23.4 Å². The molecule has 0 atom stereocenters. The van der Waals surface area contributed by atoms with Gasteiger partial charge in [0.05, 0.1) is 0 Å². The Kier molecular flexibility index (Phi) is 6.07. The van der Waals surface area contributed by atoms with Crippen LogP contribution in [0.3, 0.4) is 0 Å². The number of rotatable bonds is 5. The number of hydrogen-bond donors (Lipinski definition) is 1. The molecule has 1 aliphatic rings. The van der Waals surface area contributed by atoms with Gasteiger partial charge in [-0.05, 0) is 49.2 Å². The molecule has 2 aromatic rings. The molecule has 1 fully saturated rings. The molecule has 1 N–H and O–H groups in total. The fraction of sp³-hybridized carbons (Fsp3) is 0.316. The molecular weight excluding hydrogens is 354 g/mol. The van der Waals surface area contributed by atoms with Crippen molar-refractivity contribution in [1.29, 1.82) is 0 Å². The van der Waals surface area contributed by atoms with Crippen molar-refractivity contribution in [1.82, 2.24) is 15.2 Å². The third-order valence-corrected chi connectivity index (χ3v) is 4.51. The van der Waals surface area contributed by atoms with Crippen molar-refractivity contribution in [3.8, 4) is 5.75 Å². The minimum absolute atomic E-state index is 0.00301. The van der Waals surface area contributed by atoms with E-state index in [4.69, 9.17) is 16.3 Å². The van der Waals surface area contributed by atoms with Crippen molar-refractivity contribution in [3.63, 3.8) is 0 Å². The fourth-order valence-electron chi connectivity index (χ4n) is 2.85. The van der Waals surface area contributed by atoms with Gasteiger partial charge in [0.25, 0.3) is 11.8 Å². The lowest BCUT2D eigenvalue weighted by Crippen LogP contribution is -2.47. The molecule has 2 amide bonds. The lowest BCUT2D eigenvalue weighted by atomic mass is 10.0. The van der Waals surface area contributed by atoms with Crippen LogP contribution in [0, 0.1) is 0 Å². The van der Waals surface area contributed by atoms with E-state index in [0.717, 1.165) is 12.8 Å². The Morgan fingerprint density at radius 1 is 1.12 bits per heavy atom. The van der Waals surface area contributed by atoms with Gasteiger partial charge in [-0.15, -0.1) is 0 Å². The van der Waals surface area contributed by atoms with Gasteiger partial charge >= 0.3 is 0 Å². The topological polar surface area (TPSA) is 71.5 Å². The summed E-state index contributed by atoms with van der Waals surface area (Å²) in [7, 11) is 0. The van der Waals surface area contributed by atoms with Crippen molar-refractivity contribution in [2.24, 2.45) is 0 Å². The average molecular weight is 374 g/mol. The van der Waals surface area contributed by atoms with Crippen molar-refractivity contribution in [3.05, 3.63) is 59.4 Å². The van der Waals surface area contributed by atoms with Gasteiger partial charge in [0, 0.05) is 42.1 Å². The summed E-state index contributed by atoms with van der Waals surface area (Å²) in [6.45, 7) is 1.19. The molecule has 0 radical (unpaired) electrons. The quantitative estimate of drug-likeness (QED) is 0.874. The normalized spacial score (nSPS) is 14.7. The average Bonchev–Trinajstić information content (AvgIpc) is 2.68. The summed E-state index contributed by atoms with van der Waals surface area (Å²) in [6, 6.07) is 10.3. The first-order valence-corrected chi connectivity index (χ1v) is 8.86. The van der Waals surface area contributed by atoms with E-state index in [2.05, 4.69) is 10.3 Å². The number of hydrogen-bond acceptors (Lipinski definition) is 4. The molecule has 0 spiro atoms. The standard InChI is InChI=1S/C19H20ClN3O3/c20-15-1-3-17(4-2-15)26-13-18(24)22-16-7-11-23(12-8-16)19(25)14-5-9-21-10-6-14/h1-6,9-10,16H,7-8,11-13H2,(H,22,24). The highest BCUT2D eigenvalue weighted by Gasteiger charge is 2.24. The van der Waals surface area contributed by atoms with Crippen LogP contribution in [0.4, 0.5) is 0 Å². The second kappa shape index (κ2) is 8.67. The molecule has 7 heteroatoms. The summed E-state index contributed by atoms with van der Waals surface area (Å²) in [5.74, 6) is 0.435. The predicted octanol–water partition coefficient (Wildman–Crippen LogP) is 2.53. The summed E-state index contributed by atoms with van der Waals surface area (Å²) in [4.78, 5) is 30.2. The number of ether oxygens (including phenoxy) is 1. The van der Waals surface area contributed by atoms with Gasteiger partial charge in [-0.25, -0.2) is 0 Å². The van der Waals surface area contributed by atoms with Crippen LogP contribution in [0.5, 0.6) is 5.75 Å². The third kappa shape index (κ3) is 4.95. The highest BCUT2D eigenvalue weighted by atomic mass is 35.5. The van der Waals surface area contributed by atoms with Crippen molar-refractivity contribution in [2.75, 3.05) is 19.7 Å². The monoisotopic (exact) mass is 373 g/mol. The molecular formula is C19H20ClN3O3. The Balaban J connectivity index is 1.41. The zero-order valence-electron chi connectivity index (χ0n) is 14.2. The molecule has 0 saturated carbocycles. The summed E-state index contributed by atoms with van der Waals surface area (Å²) in [5, 5.41) is 3.58. The molecule has 6 nitrogen and oxygen atoms in total. The predicted molar refractivity (Wildman–Crippen MR) is 98.3 cm³/mol. The number of pyridine rings is 1. The Hall–Kier alpha value is -2.60. The van der Waals surface area contributed by atoms with Crippen LogP contribution >= 0.6 is 11.6 Å². The Morgan fingerprint density at radius 3 is 2.42 bits per heavy atom. The van der Waals surface area contributed by atoms with E-state index in [1.165, 1.54) is 0 Å². The van der Waals surface area contributed by atoms with E-state index < -0.39 is 0 Å². The van der Waals surface area contributed by atoms with Crippen LogP contribution in [0.25, 0.3) is 0 Å². The van der Waals surface area contributed by atoms with Crippen LogP contribution < -0.4 is 10.1 Å². The van der Waals surface area contributed by atoms with E-state index in [9.17, 15) is 9.59 Å². The largest absolute Gasteiger partial charge is 0.484 e. The molecule has 2 heterocycles. The SMILES string of the molecule is O=C(COc1ccc(Cl)cc1)NC1CCN(C(=O)c2ccncc2)CC1. The van der Waals surface area contributed by atoms with Crippen LogP contribution in [0.15, 0.2) is 48.8 Å². The highest BCUT2D eigenvalue weighted by Crippen LogP contribution is 2.16. The lowest BCUT2D eigenvalue weighted by Gasteiger charge is -2.32. The van der Waals surface area contributed by atoms with Gasteiger partial charge in [-0.3, -0.25) is 14.6 Å². The van der Waals surface area contributed by atoms with E-state index in [1.54, 1.807) is 48.8 Å². The molecule has 136 valence electrons. The molecule has 0 aliphatic carbocycles. The summed E-state index contributed by atoms with van der Waals surface area (Å²) < 4.78 is 5.44. The summed E-state index contributed by atoms with van der Waals surface area (Å²) in [5.41, 5.74) is 0.638. The zero-order chi connectivity index (χ0) is 18.4. The van der Waals surface area contributed by atoms with Crippen LogP contribution in [0.1, 0.15) is 23.2 Å². The first-order chi connectivity index (χ1) is 12.6. The maximum absolute atomic E-state index is 12.4. The summed E-state index contributed by atoms with van der Waals surface area (Å²) >= 11 is 5.81. The number of carbonyl (C=O) groups is 2. The van der Waals surface area contributed by atoms with E-state index in [-0.39, 0.29) is 24.5 Å². The lowest BCUT2D eigenvalue weighted by molar-refractivity contribution is -0.124. The Labute approximate surface area is 157 Å². The Bertz CT molecular complexity index is 744. The molecule has 1 aliphatic heterocycles. The number of piperidine rings is 1. The molecule has 1 saturated heterocycles. The third-order valence-electron chi connectivity index (χ3n) is 4.26. The Morgan fingerprint density at radius 2 is 1.77 bits per heavy atom. The number of benzene rings is 1. The van der Waals surface area contributed by atoms with Crippen LogP contribution in [-0.2, 0) is 4.79 Å². The van der Waals surface area contributed by atoms with E-state index in [1.807, 2.05) is 4.90 Å². The second-order valence-corrected chi connectivity index (χ2v) is 6.55. The molecule has 1 aromatic carbocycles. The fourth-order valence-corrected chi connectivity index (χ4v) is 2.98. The minimum Gasteiger partial charge on any atom is -0.484 e. The number of amides is 2. The van der Waals surface area contributed by atoms with Crippen LogP contribution in [-0.4, -0.2) is 47.4 Å². The van der Waals surface area contributed by atoms with Gasteiger partial charge in [0.2, 0.25) is 0 Å². The summed E-state index contributed by atoms with van der Waals surface area (Å²) in [6.07, 6.45) is 4.68. The number of carbonyl (C=O) groups excluding carboxylic acids is 2. The maximum Gasteiger partial charge on any atom is 0.258 e. The number of likely N-dealkylation sites (tertiary alicyclic amines) is 1. The highest BCUT2D eigenvalue weighted by molar-refractivity contribution is 6.30. The van der Waals surface area contributed by atoms with Gasteiger partial charge in [-0.1, -0.05) is 11.6 Å². The first-order valence-electron chi connectivity index (χ1n) is 8.49. The second-order valence-electron chi connectivity index (χ2n) is 6.11. The van der Waals surface area contributed by atoms with Gasteiger partial charge in [0.1, 0.15) is 5.75 Å². The number of aromatic nitrogens is 1. The van der Waals surface area contributed by atoms with Crippen molar-refractivity contribution in [2.45, 2.75) is 18.9 Å². The van der Waals surface area contributed by atoms with E-state index in [0.29, 0.717) is 29.4 Å². The molecule has 3 rings (SSSR count). The van der Waals surface area contributed by atoms with E-state index >= 15 is 0 Å². The first kappa shape index (κ1) is 18.2. The maximum atomic E-state index is 12.4. The molecule has 0 unspecified atom stereocenters. The smallest absolute Gasteiger partial charge is 0.258 e. The molecule has 26 heavy (non-hydrogen) atoms. The zero-order valence-corrected chi connectivity index (χ0v) is 15.0. The molecule has 1 aromatic heterocycles.